The molecule has 1 heterocycles. The fourth-order valence-electron chi connectivity index (χ4n) is 2.21. The third-order valence-electron chi connectivity index (χ3n) is 3.46. The van der Waals surface area contributed by atoms with Gasteiger partial charge in [0.2, 0.25) is 0 Å². The van der Waals surface area contributed by atoms with Crippen LogP contribution < -0.4 is 5.43 Å². The molecule has 0 spiro atoms. The van der Waals surface area contributed by atoms with E-state index in [-0.39, 0.29) is 5.91 Å². The van der Waals surface area contributed by atoms with Gasteiger partial charge in [0.15, 0.2) is 0 Å². The van der Waals surface area contributed by atoms with E-state index in [1.165, 1.54) is 11.6 Å². The molecule has 1 N–H and O–H groups in total. The molecule has 2 aromatic carbocycles. The van der Waals surface area contributed by atoms with E-state index in [0.717, 1.165) is 21.1 Å². The zero-order chi connectivity index (χ0) is 16.2. The number of halogens is 1. The Bertz CT molecular complexity index is 905. The molecular formula is C18H14BrN3O. The molecule has 1 amide bonds. The van der Waals surface area contributed by atoms with Crippen LogP contribution in [0.1, 0.15) is 22.8 Å². The maximum absolute atomic E-state index is 12.1. The first-order chi connectivity index (χ1) is 11.1. The third kappa shape index (κ3) is 3.63. The molecule has 5 heteroatoms. The number of hydrogen-bond donors (Lipinski definition) is 1. The van der Waals surface area contributed by atoms with E-state index in [2.05, 4.69) is 49.6 Å². The monoisotopic (exact) mass is 367 g/mol. The van der Waals surface area contributed by atoms with Gasteiger partial charge in [0.05, 0.1) is 11.3 Å². The topological polar surface area (TPSA) is 54.4 Å². The molecule has 114 valence electrons. The van der Waals surface area contributed by atoms with E-state index in [9.17, 15) is 4.79 Å². The van der Waals surface area contributed by atoms with Crippen molar-refractivity contribution in [3.8, 4) is 0 Å². The molecule has 23 heavy (non-hydrogen) atoms. The SMILES string of the molecule is CC(=NNC(=O)c1cncc(Br)c1)c1ccc2ccccc2c1. The Morgan fingerprint density at radius 2 is 1.83 bits per heavy atom. The van der Waals surface area contributed by atoms with Gasteiger partial charge in [0.25, 0.3) is 5.91 Å². The second kappa shape index (κ2) is 6.71. The lowest BCUT2D eigenvalue weighted by atomic mass is 10.0. The number of hydrazone groups is 1. The van der Waals surface area contributed by atoms with Crippen molar-refractivity contribution in [3.05, 3.63) is 76.5 Å². The summed E-state index contributed by atoms with van der Waals surface area (Å²) in [6.07, 6.45) is 3.13. The van der Waals surface area contributed by atoms with Crippen LogP contribution >= 0.6 is 15.9 Å². The van der Waals surface area contributed by atoms with E-state index in [0.29, 0.717) is 5.56 Å². The molecule has 0 bridgehead atoms. The molecule has 3 rings (SSSR count). The Balaban J connectivity index is 1.79. The number of nitrogens with one attached hydrogen (secondary N) is 1. The van der Waals surface area contributed by atoms with E-state index in [1.807, 2.05) is 31.2 Å². The highest BCUT2D eigenvalue weighted by Gasteiger charge is 2.06. The fourth-order valence-corrected chi connectivity index (χ4v) is 2.58. The number of pyridine rings is 1. The Kier molecular flexibility index (Phi) is 4.48. The average Bonchev–Trinajstić information content (AvgIpc) is 2.59. The van der Waals surface area contributed by atoms with Crippen LogP contribution in [0.4, 0.5) is 0 Å². The number of carbonyl (C=O) groups is 1. The summed E-state index contributed by atoms with van der Waals surface area (Å²) >= 11 is 3.29. The molecule has 1 aromatic heterocycles. The summed E-state index contributed by atoms with van der Waals surface area (Å²) in [6, 6.07) is 15.9. The Morgan fingerprint density at radius 3 is 2.61 bits per heavy atom. The van der Waals surface area contributed by atoms with Crippen molar-refractivity contribution >= 4 is 38.3 Å². The number of fused-ring (bicyclic) bond motifs is 1. The molecule has 0 aliphatic carbocycles. The molecule has 0 aliphatic heterocycles. The first kappa shape index (κ1) is 15.4. The zero-order valence-corrected chi connectivity index (χ0v) is 14.0. The summed E-state index contributed by atoms with van der Waals surface area (Å²) < 4.78 is 0.750. The molecule has 3 aromatic rings. The maximum atomic E-state index is 12.1. The highest BCUT2D eigenvalue weighted by atomic mass is 79.9. The summed E-state index contributed by atoms with van der Waals surface area (Å²) in [6.45, 7) is 1.86. The van der Waals surface area contributed by atoms with Gasteiger partial charge in [0, 0.05) is 16.9 Å². The number of benzene rings is 2. The van der Waals surface area contributed by atoms with Crippen molar-refractivity contribution in [2.24, 2.45) is 5.10 Å². The molecule has 4 nitrogen and oxygen atoms in total. The molecule has 0 saturated carbocycles. The van der Waals surface area contributed by atoms with Gasteiger partial charge in [-0.15, -0.1) is 0 Å². The van der Waals surface area contributed by atoms with Crippen molar-refractivity contribution in [1.29, 1.82) is 0 Å². The molecule has 0 saturated heterocycles. The molecular weight excluding hydrogens is 354 g/mol. The van der Waals surface area contributed by atoms with E-state index < -0.39 is 0 Å². The van der Waals surface area contributed by atoms with Crippen LogP contribution in [-0.2, 0) is 0 Å². The first-order valence-corrected chi connectivity index (χ1v) is 7.87. The van der Waals surface area contributed by atoms with Crippen LogP contribution in [0, 0.1) is 0 Å². The van der Waals surface area contributed by atoms with E-state index in [1.54, 1.807) is 12.3 Å². The van der Waals surface area contributed by atoms with Crippen LogP contribution in [0.3, 0.4) is 0 Å². The normalized spacial score (nSPS) is 11.5. The Morgan fingerprint density at radius 1 is 1.04 bits per heavy atom. The predicted molar refractivity (Wildman–Crippen MR) is 95.6 cm³/mol. The third-order valence-corrected chi connectivity index (χ3v) is 3.89. The van der Waals surface area contributed by atoms with Crippen molar-refractivity contribution in [1.82, 2.24) is 10.4 Å². The smallest absolute Gasteiger partial charge is 0.267 e. The van der Waals surface area contributed by atoms with Gasteiger partial charge < -0.3 is 0 Å². The van der Waals surface area contributed by atoms with Gasteiger partial charge in [-0.1, -0.05) is 36.4 Å². The second-order valence-corrected chi connectivity index (χ2v) is 6.01. The Labute approximate surface area is 142 Å². The highest BCUT2D eigenvalue weighted by molar-refractivity contribution is 9.10. The largest absolute Gasteiger partial charge is 0.272 e. The number of rotatable bonds is 3. The lowest BCUT2D eigenvalue weighted by Crippen LogP contribution is -2.19. The molecule has 0 atom stereocenters. The number of aromatic nitrogens is 1. The standard InChI is InChI=1S/C18H14BrN3O/c1-12(14-7-6-13-4-2-3-5-15(13)8-14)21-22-18(23)16-9-17(19)11-20-10-16/h2-11H,1H3,(H,22,23). The van der Waals surface area contributed by atoms with Gasteiger partial charge in [-0.3, -0.25) is 9.78 Å². The maximum Gasteiger partial charge on any atom is 0.272 e. The van der Waals surface area contributed by atoms with Crippen LogP contribution in [0.25, 0.3) is 10.8 Å². The van der Waals surface area contributed by atoms with Gasteiger partial charge in [-0.05, 0) is 51.3 Å². The quantitative estimate of drug-likeness (QED) is 0.558. The lowest BCUT2D eigenvalue weighted by molar-refractivity contribution is 0.0954. The fraction of sp³-hybridized carbons (Fsp3) is 0.0556. The number of carbonyl (C=O) groups excluding carboxylic acids is 1. The molecule has 0 aliphatic rings. The van der Waals surface area contributed by atoms with Crippen LogP contribution in [0.2, 0.25) is 0 Å². The van der Waals surface area contributed by atoms with Crippen molar-refractivity contribution in [2.75, 3.05) is 0 Å². The van der Waals surface area contributed by atoms with Crippen molar-refractivity contribution in [3.63, 3.8) is 0 Å². The summed E-state index contributed by atoms with van der Waals surface area (Å²) in [5, 5.41) is 6.50. The number of hydrogen-bond acceptors (Lipinski definition) is 3. The van der Waals surface area contributed by atoms with Crippen molar-refractivity contribution in [2.45, 2.75) is 6.92 Å². The van der Waals surface area contributed by atoms with E-state index >= 15 is 0 Å². The molecule has 0 unspecified atom stereocenters. The average molecular weight is 368 g/mol. The highest BCUT2D eigenvalue weighted by Crippen LogP contribution is 2.16. The van der Waals surface area contributed by atoms with Gasteiger partial charge in [0.1, 0.15) is 0 Å². The summed E-state index contributed by atoms with van der Waals surface area (Å²) in [7, 11) is 0. The minimum absolute atomic E-state index is 0.293. The molecule has 0 radical (unpaired) electrons. The van der Waals surface area contributed by atoms with Gasteiger partial charge >= 0.3 is 0 Å². The number of nitrogens with zero attached hydrogens (tertiary/aromatic N) is 2. The number of amides is 1. The predicted octanol–water partition coefficient (Wildman–Crippen LogP) is 4.15. The Hall–Kier alpha value is -2.53. The molecule has 0 fully saturated rings. The minimum atomic E-state index is -0.293. The van der Waals surface area contributed by atoms with Crippen LogP contribution in [0.5, 0.6) is 0 Å². The zero-order valence-electron chi connectivity index (χ0n) is 12.5. The minimum Gasteiger partial charge on any atom is -0.267 e. The van der Waals surface area contributed by atoms with Crippen LogP contribution in [0.15, 0.2) is 70.5 Å². The lowest BCUT2D eigenvalue weighted by Gasteiger charge is -2.05. The first-order valence-electron chi connectivity index (χ1n) is 7.08. The summed E-state index contributed by atoms with van der Waals surface area (Å²) in [5.41, 5.74) is 4.73. The second-order valence-electron chi connectivity index (χ2n) is 5.09. The summed E-state index contributed by atoms with van der Waals surface area (Å²) in [5.74, 6) is -0.293. The van der Waals surface area contributed by atoms with Gasteiger partial charge in [-0.2, -0.15) is 5.10 Å². The van der Waals surface area contributed by atoms with Crippen molar-refractivity contribution < 1.29 is 4.79 Å². The summed E-state index contributed by atoms with van der Waals surface area (Å²) in [4.78, 5) is 16.0. The van der Waals surface area contributed by atoms with E-state index in [4.69, 9.17) is 0 Å². The van der Waals surface area contributed by atoms with Crippen LogP contribution in [-0.4, -0.2) is 16.6 Å². The van der Waals surface area contributed by atoms with Gasteiger partial charge in [-0.25, -0.2) is 5.43 Å².